The molecule has 1 atom stereocenters. The molecule has 0 bridgehead atoms. The molecule has 8 nitrogen and oxygen atoms in total. The molecule has 1 aromatic carbocycles. The predicted molar refractivity (Wildman–Crippen MR) is 93.3 cm³/mol. The van der Waals surface area contributed by atoms with Crippen molar-refractivity contribution < 1.29 is 22.7 Å². The topological polar surface area (TPSA) is 107 Å². The highest BCUT2D eigenvalue weighted by atomic mass is 32.2. The van der Waals surface area contributed by atoms with Gasteiger partial charge < -0.3 is 9.64 Å². The van der Waals surface area contributed by atoms with Crippen LogP contribution in [-0.4, -0.2) is 54.4 Å². The smallest absolute Gasteiger partial charge is 0.359 e. The number of nitrogens with zero attached hydrogens (tertiary/aromatic N) is 3. The number of aromatic nitrogens is 2. The quantitative estimate of drug-likeness (QED) is 0.713. The first kappa shape index (κ1) is 18.0. The first-order valence-corrected chi connectivity index (χ1v) is 9.79. The molecule has 0 N–H and O–H groups in total. The van der Waals surface area contributed by atoms with Gasteiger partial charge in [-0.05, 0) is 18.6 Å². The average Bonchev–Trinajstić information content (AvgIpc) is 3.01. The van der Waals surface area contributed by atoms with Crippen LogP contribution in [0.5, 0.6) is 0 Å². The van der Waals surface area contributed by atoms with Crippen LogP contribution >= 0.6 is 0 Å². The fourth-order valence-corrected chi connectivity index (χ4v) is 4.50. The number of carbonyl (C=O) groups is 2. The number of rotatable bonds is 5. The molecule has 1 saturated heterocycles. The number of hydrogen-bond acceptors (Lipinski definition) is 7. The first-order valence-electron chi connectivity index (χ1n) is 7.97. The van der Waals surface area contributed by atoms with Crippen molar-refractivity contribution in [3.05, 3.63) is 54.6 Å². The Labute approximate surface area is 150 Å². The molecule has 9 heteroatoms. The summed E-state index contributed by atoms with van der Waals surface area (Å²) < 4.78 is 28.6. The van der Waals surface area contributed by atoms with Gasteiger partial charge in [-0.2, -0.15) is 0 Å². The van der Waals surface area contributed by atoms with Crippen LogP contribution in [0.25, 0.3) is 0 Å². The SMILES string of the molecule is O=C(OCC(=O)N(c1ccccc1)[C@H]1CCS(=O)(=O)C1)c1cnccn1. The summed E-state index contributed by atoms with van der Waals surface area (Å²) in [7, 11) is -3.18. The number of hydrogen-bond donors (Lipinski definition) is 0. The highest BCUT2D eigenvalue weighted by Crippen LogP contribution is 2.24. The third-order valence-electron chi connectivity index (χ3n) is 3.98. The number of ether oxygens (including phenoxy) is 1. The monoisotopic (exact) mass is 375 g/mol. The number of benzene rings is 1. The highest BCUT2D eigenvalue weighted by Gasteiger charge is 2.35. The molecule has 0 saturated carbocycles. The molecule has 2 heterocycles. The van der Waals surface area contributed by atoms with E-state index in [-0.39, 0.29) is 17.2 Å². The summed E-state index contributed by atoms with van der Waals surface area (Å²) in [5.41, 5.74) is 0.560. The molecular formula is C17H17N3O5S. The van der Waals surface area contributed by atoms with Crippen LogP contribution in [0.1, 0.15) is 16.9 Å². The van der Waals surface area contributed by atoms with Gasteiger partial charge in [-0.1, -0.05) is 18.2 Å². The second kappa shape index (κ2) is 7.61. The number of sulfone groups is 1. The third-order valence-corrected chi connectivity index (χ3v) is 5.73. The summed E-state index contributed by atoms with van der Waals surface area (Å²) in [6, 6.07) is 8.26. The summed E-state index contributed by atoms with van der Waals surface area (Å²) in [6.07, 6.45) is 4.35. The maximum Gasteiger partial charge on any atom is 0.359 e. The lowest BCUT2D eigenvalue weighted by Gasteiger charge is -2.28. The summed E-state index contributed by atoms with van der Waals surface area (Å²) in [5.74, 6) is -1.33. The van der Waals surface area contributed by atoms with Crippen molar-refractivity contribution in [1.29, 1.82) is 0 Å². The van der Waals surface area contributed by atoms with Gasteiger partial charge in [0.15, 0.2) is 22.1 Å². The zero-order valence-corrected chi connectivity index (χ0v) is 14.6. The number of para-hydroxylation sites is 1. The maximum atomic E-state index is 12.7. The van der Waals surface area contributed by atoms with Gasteiger partial charge in [0.05, 0.1) is 23.7 Å². The molecule has 3 rings (SSSR count). The Morgan fingerprint density at radius 3 is 2.58 bits per heavy atom. The van der Waals surface area contributed by atoms with Crippen LogP contribution in [-0.2, 0) is 19.4 Å². The van der Waals surface area contributed by atoms with Crippen LogP contribution in [0, 0.1) is 0 Å². The van der Waals surface area contributed by atoms with Gasteiger partial charge in [-0.3, -0.25) is 9.78 Å². The van der Waals surface area contributed by atoms with Crippen molar-refractivity contribution in [2.24, 2.45) is 0 Å². The minimum atomic E-state index is -3.18. The molecule has 1 amide bonds. The molecule has 1 aliphatic rings. The van der Waals surface area contributed by atoms with Gasteiger partial charge in [0.1, 0.15) is 0 Å². The molecule has 0 spiro atoms. The molecule has 0 unspecified atom stereocenters. The molecule has 1 aromatic heterocycles. The van der Waals surface area contributed by atoms with E-state index in [2.05, 4.69) is 9.97 Å². The second-order valence-electron chi connectivity index (χ2n) is 5.82. The lowest BCUT2D eigenvalue weighted by atomic mass is 10.2. The number of anilines is 1. The normalized spacial score (nSPS) is 18.2. The van der Waals surface area contributed by atoms with Crippen LogP contribution in [0.15, 0.2) is 48.9 Å². The van der Waals surface area contributed by atoms with E-state index >= 15 is 0 Å². The summed E-state index contributed by atoms with van der Waals surface area (Å²) in [6.45, 7) is -0.513. The average molecular weight is 375 g/mol. The molecule has 26 heavy (non-hydrogen) atoms. The molecule has 1 fully saturated rings. The third kappa shape index (κ3) is 4.23. The van der Waals surface area contributed by atoms with Gasteiger partial charge >= 0.3 is 5.97 Å². The first-order chi connectivity index (χ1) is 12.5. The fourth-order valence-electron chi connectivity index (χ4n) is 2.80. The molecule has 136 valence electrons. The van der Waals surface area contributed by atoms with Crippen molar-refractivity contribution in [3.8, 4) is 0 Å². The zero-order chi connectivity index (χ0) is 18.6. The van der Waals surface area contributed by atoms with Crippen molar-refractivity contribution >= 4 is 27.4 Å². The van der Waals surface area contributed by atoms with E-state index in [0.29, 0.717) is 12.1 Å². The van der Waals surface area contributed by atoms with Gasteiger partial charge in [0.2, 0.25) is 0 Å². The second-order valence-corrected chi connectivity index (χ2v) is 8.05. The van der Waals surface area contributed by atoms with E-state index in [1.54, 1.807) is 30.3 Å². The van der Waals surface area contributed by atoms with Crippen LogP contribution in [0.4, 0.5) is 5.69 Å². The van der Waals surface area contributed by atoms with E-state index in [4.69, 9.17) is 4.74 Å². The van der Waals surface area contributed by atoms with Crippen LogP contribution in [0.3, 0.4) is 0 Å². The van der Waals surface area contributed by atoms with E-state index in [9.17, 15) is 18.0 Å². The van der Waals surface area contributed by atoms with Gasteiger partial charge in [-0.25, -0.2) is 18.2 Å². The Morgan fingerprint density at radius 1 is 1.19 bits per heavy atom. The van der Waals surface area contributed by atoms with Crippen molar-refractivity contribution in [2.75, 3.05) is 23.0 Å². The van der Waals surface area contributed by atoms with E-state index in [1.165, 1.54) is 23.5 Å². The van der Waals surface area contributed by atoms with E-state index in [1.807, 2.05) is 0 Å². The molecule has 1 aliphatic heterocycles. The predicted octanol–water partition coefficient (Wildman–Crippen LogP) is 0.854. The molecule has 2 aromatic rings. The Hall–Kier alpha value is -2.81. The number of amides is 1. The van der Waals surface area contributed by atoms with Crippen molar-refractivity contribution in [2.45, 2.75) is 12.5 Å². The van der Waals surface area contributed by atoms with Crippen LogP contribution in [0.2, 0.25) is 0 Å². The highest BCUT2D eigenvalue weighted by molar-refractivity contribution is 7.91. The largest absolute Gasteiger partial charge is 0.451 e. The van der Waals surface area contributed by atoms with Gasteiger partial charge in [0.25, 0.3) is 5.91 Å². The van der Waals surface area contributed by atoms with Crippen molar-refractivity contribution in [1.82, 2.24) is 9.97 Å². The van der Waals surface area contributed by atoms with Gasteiger partial charge in [-0.15, -0.1) is 0 Å². The standard InChI is InChI=1S/C17H17N3O5S/c21-16(11-25-17(22)15-10-18-7-8-19-15)20(13-4-2-1-3-5-13)14-6-9-26(23,24)12-14/h1-5,7-8,10,14H,6,9,11-12H2/t14-/m0/s1. The minimum Gasteiger partial charge on any atom is -0.451 e. The lowest BCUT2D eigenvalue weighted by molar-refractivity contribution is -0.122. The Balaban J connectivity index is 1.74. The van der Waals surface area contributed by atoms with Crippen molar-refractivity contribution in [3.63, 3.8) is 0 Å². The Bertz CT molecular complexity index is 887. The number of carbonyl (C=O) groups excluding carboxylic acids is 2. The maximum absolute atomic E-state index is 12.7. The molecule has 0 radical (unpaired) electrons. The Morgan fingerprint density at radius 2 is 1.96 bits per heavy atom. The number of esters is 1. The molecule has 0 aliphatic carbocycles. The molecular weight excluding hydrogens is 358 g/mol. The summed E-state index contributed by atoms with van der Waals surface area (Å²) in [4.78, 5) is 33.6. The van der Waals surface area contributed by atoms with Crippen LogP contribution < -0.4 is 4.90 Å². The Kier molecular flexibility index (Phi) is 5.27. The minimum absolute atomic E-state index is 0.00462. The lowest BCUT2D eigenvalue weighted by Crippen LogP contribution is -2.43. The van der Waals surface area contributed by atoms with E-state index < -0.39 is 34.4 Å². The summed E-state index contributed by atoms with van der Waals surface area (Å²) >= 11 is 0. The fraction of sp³-hybridized carbons (Fsp3) is 0.294. The zero-order valence-electron chi connectivity index (χ0n) is 13.8. The van der Waals surface area contributed by atoms with E-state index in [0.717, 1.165) is 0 Å². The summed E-state index contributed by atoms with van der Waals surface area (Å²) in [5, 5.41) is 0. The van der Waals surface area contributed by atoms with Gasteiger partial charge in [0, 0.05) is 18.1 Å².